The molecule has 258 valence electrons. The van der Waals surface area contributed by atoms with Crippen LogP contribution in [0.1, 0.15) is 92.4 Å². The Bertz CT molecular complexity index is 1210. The lowest BCUT2D eigenvalue weighted by Crippen LogP contribution is -2.62. The molecule has 0 aromatic carbocycles. The van der Waals surface area contributed by atoms with Crippen LogP contribution in [0.15, 0.2) is 0 Å². The van der Waals surface area contributed by atoms with Crippen molar-refractivity contribution in [1.29, 1.82) is 0 Å². The molecule has 0 radical (unpaired) electrons. The molecule has 0 bridgehead atoms. The van der Waals surface area contributed by atoms with Crippen molar-refractivity contribution < 1.29 is 33.5 Å². The third kappa shape index (κ3) is 8.09. The molecule has 4 aliphatic rings. The largest absolute Gasteiger partial charge is 0.461 e. The van der Waals surface area contributed by atoms with Gasteiger partial charge < -0.3 is 31.3 Å². The number of primary amides is 1. The van der Waals surface area contributed by atoms with Gasteiger partial charge in [0.1, 0.15) is 22.5 Å². The van der Waals surface area contributed by atoms with E-state index in [1.165, 1.54) is 4.90 Å². The monoisotopic (exact) mass is 685 g/mol. The number of likely N-dealkylation sites (tertiary alicyclic amines) is 1. The van der Waals surface area contributed by atoms with E-state index >= 15 is 0 Å². The van der Waals surface area contributed by atoms with Crippen molar-refractivity contribution in [1.82, 2.24) is 20.9 Å². The molecule has 0 aromatic heterocycles. The molecule has 4 rings (SSSR count). The van der Waals surface area contributed by atoms with E-state index in [4.69, 9.17) is 33.7 Å². The summed E-state index contributed by atoms with van der Waals surface area (Å²) in [5, 5.41) is 8.26. The number of nitrogens with two attached hydrogens (primary N) is 1. The number of amides is 5. The first-order valence-electron chi connectivity index (χ1n) is 16.5. The van der Waals surface area contributed by atoms with E-state index in [-0.39, 0.29) is 36.8 Å². The van der Waals surface area contributed by atoms with Gasteiger partial charge in [-0.25, -0.2) is 9.59 Å². The highest BCUT2D eigenvalue weighted by molar-refractivity contribution is 6.51. The lowest BCUT2D eigenvalue weighted by atomic mass is 9.80. The Kier molecular flexibility index (Phi) is 11.2. The molecular weight excluding hydrogens is 637 g/mol. The van der Waals surface area contributed by atoms with Gasteiger partial charge in [0.05, 0.1) is 12.1 Å². The topological polar surface area (TPSA) is 177 Å². The minimum atomic E-state index is -1.24. The quantitative estimate of drug-likeness (QED) is 0.139. The second kappa shape index (κ2) is 14.3. The van der Waals surface area contributed by atoms with Crippen LogP contribution >= 0.6 is 23.2 Å². The molecule has 14 heteroatoms. The number of nitrogens with zero attached hydrogens (tertiary/aromatic N) is 1. The summed E-state index contributed by atoms with van der Waals surface area (Å²) in [5.41, 5.74) is 4.62. The number of piperidine rings is 1. The number of urea groups is 1. The van der Waals surface area contributed by atoms with Gasteiger partial charge in [-0.3, -0.25) is 19.2 Å². The van der Waals surface area contributed by atoms with Gasteiger partial charge in [-0.1, -0.05) is 59.3 Å². The third-order valence-corrected chi connectivity index (χ3v) is 11.0. The van der Waals surface area contributed by atoms with Crippen molar-refractivity contribution in [3.63, 3.8) is 0 Å². The highest BCUT2D eigenvalue weighted by Crippen LogP contribution is 2.65. The lowest BCUT2D eigenvalue weighted by Gasteiger charge is -2.37. The zero-order valence-electron chi connectivity index (χ0n) is 27.4. The van der Waals surface area contributed by atoms with Gasteiger partial charge in [-0.15, -0.1) is 23.2 Å². The number of esters is 1. The van der Waals surface area contributed by atoms with E-state index in [1.807, 2.05) is 0 Å². The van der Waals surface area contributed by atoms with Crippen LogP contribution in [0.2, 0.25) is 0 Å². The van der Waals surface area contributed by atoms with Crippen molar-refractivity contribution in [2.24, 2.45) is 34.8 Å². The number of Topliss-reactive ketones (excluding diaryl/α,β-unsaturated/α-hetero) is 1. The van der Waals surface area contributed by atoms with Crippen LogP contribution < -0.4 is 21.7 Å². The number of rotatable bonds is 12. The van der Waals surface area contributed by atoms with Crippen molar-refractivity contribution in [2.45, 2.75) is 127 Å². The van der Waals surface area contributed by atoms with Gasteiger partial charge in [0.15, 0.2) is 0 Å². The molecule has 3 saturated carbocycles. The molecule has 4 fully saturated rings. The number of ketones is 1. The minimum Gasteiger partial charge on any atom is -0.461 e. The van der Waals surface area contributed by atoms with Crippen LogP contribution in [0.25, 0.3) is 0 Å². The number of fused-ring (bicyclic) bond motifs is 1. The highest BCUT2D eigenvalue weighted by atomic mass is 35.5. The first-order chi connectivity index (χ1) is 21.4. The lowest BCUT2D eigenvalue weighted by molar-refractivity contribution is -0.152. The van der Waals surface area contributed by atoms with Gasteiger partial charge in [-0.05, 0) is 50.4 Å². The van der Waals surface area contributed by atoms with Gasteiger partial charge in [-0.2, -0.15) is 0 Å². The second-order valence-electron chi connectivity index (χ2n) is 14.8. The number of carbonyl (C=O) groups is 6. The number of hydrogen-bond acceptors (Lipinski definition) is 7. The maximum Gasteiger partial charge on any atom is 0.329 e. The average Bonchev–Trinajstić information content (AvgIpc) is 3.26. The number of carbonyl (C=O) groups excluding carboxylic acids is 6. The Balaban J connectivity index is 1.56. The van der Waals surface area contributed by atoms with E-state index in [1.54, 1.807) is 34.6 Å². The molecule has 0 aromatic rings. The Morgan fingerprint density at radius 1 is 0.935 bits per heavy atom. The first kappa shape index (κ1) is 36.2. The molecule has 5 N–H and O–H groups in total. The number of halogens is 2. The predicted octanol–water partition coefficient (Wildman–Crippen LogP) is 2.96. The third-order valence-electron chi connectivity index (χ3n) is 9.96. The molecule has 3 aliphatic carbocycles. The predicted molar refractivity (Wildman–Crippen MR) is 172 cm³/mol. The van der Waals surface area contributed by atoms with Gasteiger partial charge in [0, 0.05) is 18.4 Å². The summed E-state index contributed by atoms with van der Waals surface area (Å²) in [6.45, 7) is 8.93. The molecule has 6 atom stereocenters. The molecule has 46 heavy (non-hydrogen) atoms. The number of hydrogen-bond donors (Lipinski definition) is 4. The fraction of sp³-hybridized carbons (Fsp3) is 0.812. The maximum atomic E-state index is 14.4. The smallest absolute Gasteiger partial charge is 0.329 e. The maximum absolute atomic E-state index is 14.4. The summed E-state index contributed by atoms with van der Waals surface area (Å²) >= 11 is 13.1. The van der Waals surface area contributed by atoms with Gasteiger partial charge in [0.2, 0.25) is 17.6 Å². The normalized spacial score (nSPS) is 26.2. The zero-order chi connectivity index (χ0) is 34.1. The van der Waals surface area contributed by atoms with Crippen molar-refractivity contribution in [3.8, 4) is 0 Å². The van der Waals surface area contributed by atoms with Crippen LogP contribution in [0, 0.1) is 29.1 Å². The van der Waals surface area contributed by atoms with E-state index in [0.29, 0.717) is 12.8 Å². The summed E-state index contributed by atoms with van der Waals surface area (Å²) in [6.07, 6.45) is 6.80. The summed E-state index contributed by atoms with van der Waals surface area (Å²) in [5.74, 6) is -4.73. The molecule has 1 aliphatic heterocycles. The van der Waals surface area contributed by atoms with E-state index in [0.717, 1.165) is 38.5 Å². The summed E-state index contributed by atoms with van der Waals surface area (Å²) < 4.78 is 4.15. The van der Waals surface area contributed by atoms with Crippen LogP contribution in [-0.4, -0.2) is 81.6 Å². The van der Waals surface area contributed by atoms with Crippen molar-refractivity contribution in [3.05, 3.63) is 0 Å². The molecule has 12 nitrogen and oxygen atoms in total. The van der Waals surface area contributed by atoms with Crippen molar-refractivity contribution >= 4 is 58.7 Å². The number of alkyl halides is 2. The van der Waals surface area contributed by atoms with Crippen molar-refractivity contribution in [2.75, 3.05) is 6.54 Å². The van der Waals surface area contributed by atoms with Gasteiger partial charge >= 0.3 is 12.0 Å². The standard InChI is InChI=1S/C32H49Cl2N5O7/c1-16(2)46-29(44)25(31(3,4)5)38-30(45)37-22(18-12-7-6-8-13-18)28(43)39-15-19-21(32(19,33)34)23(39)27(42)36-20(24(40)26(35)41)14-17-10-9-11-17/h16-23,25H,6-15H2,1-5H3,(H2,35,41)(H,36,42)(H2,37,38,45)/t19-,20?,21-,22-,23-,25+/m0/s1. The molecule has 1 heterocycles. The molecule has 5 amide bonds. The van der Waals surface area contributed by atoms with Crippen LogP contribution in [0.3, 0.4) is 0 Å². The molecule has 0 spiro atoms. The molecular formula is C32H49Cl2N5O7. The Labute approximate surface area is 280 Å². The summed E-state index contributed by atoms with van der Waals surface area (Å²) in [4.78, 5) is 80.5. The first-order valence-corrected chi connectivity index (χ1v) is 17.3. The number of ether oxygens (including phenoxy) is 1. The Morgan fingerprint density at radius 2 is 1.57 bits per heavy atom. The minimum absolute atomic E-state index is 0.0868. The van der Waals surface area contributed by atoms with E-state index in [2.05, 4.69) is 16.0 Å². The highest BCUT2D eigenvalue weighted by Gasteiger charge is 2.74. The average molecular weight is 687 g/mol. The zero-order valence-corrected chi connectivity index (χ0v) is 28.9. The summed E-state index contributed by atoms with van der Waals surface area (Å²) in [7, 11) is 0. The Hall–Kier alpha value is -2.60. The fourth-order valence-corrected chi connectivity index (χ4v) is 7.95. The number of nitrogens with one attached hydrogen (secondary N) is 3. The van der Waals surface area contributed by atoms with E-state index in [9.17, 15) is 28.8 Å². The fourth-order valence-electron chi connectivity index (χ4n) is 7.13. The van der Waals surface area contributed by atoms with E-state index < -0.39 is 75.3 Å². The van der Waals surface area contributed by atoms with Crippen LogP contribution in [0.5, 0.6) is 0 Å². The molecule has 1 saturated heterocycles. The summed E-state index contributed by atoms with van der Waals surface area (Å²) in [6, 6.07) is -4.92. The van der Waals surface area contributed by atoms with Gasteiger partial charge in [0.25, 0.3) is 5.91 Å². The van der Waals surface area contributed by atoms with Crippen LogP contribution in [-0.2, 0) is 28.7 Å². The van der Waals surface area contributed by atoms with Crippen LogP contribution in [0.4, 0.5) is 4.79 Å². The Morgan fingerprint density at radius 3 is 2.09 bits per heavy atom. The second-order valence-corrected chi connectivity index (χ2v) is 16.3. The SMILES string of the molecule is CC(C)OC(=O)[C@@H](NC(=O)N[C@H](C(=O)N1C[C@H]2[C@@H]([C@H]1C(=O)NC(CC1CCC1)C(=O)C(N)=O)C2(Cl)Cl)C1CCCCC1)C(C)(C)C. The molecule has 1 unspecified atom stereocenters.